The molecule has 2 aromatic heterocycles. The van der Waals surface area contributed by atoms with Gasteiger partial charge >= 0.3 is 0 Å². The van der Waals surface area contributed by atoms with Gasteiger partial charge in [0, 0.05) is 23.6 Å². The third-order valence-corrected chi connectivity index (χ3v) is 6.50. The van der Waals surface area contributed by atoms with E-state index in [2.05, 4.69) is 11.0 Å². The van der Waals surface area contributed by atoms with Crippen molar-refractivity contribution in [3.8, 4) is 22.8 Å². The van der Waals surface area contributed by atoms with Crippen LogP contribution < -0.4 is 9.47 Å². The molecular formula is C25H30N2O4. The number of benzene rings is 1. The second kappa shape index (κ2) is 8.89. The van der Waals surface area contributed by atoms with Gasteiger partial charge in [0.05, 0.1) is 24.9 Å². The van der Waals surface area contributed by atoms with Gasteiger partial charge in [-0.25, -0.2) is 4.98 Å². The predicted octanol–water partition coefficient (Wildman–Crippen LogP) is 4.35. The minimum atomic E-state index is -0.109. The van der Waals surface area contributed by atoms with E-state index in [0.717, 1.165) is 65.9 Å². The summed E-state index contributed by atoms with van der Waals surface area (Å²) in [5.41, 5.74) is 5.41. The molecule has 1 aromatic carbocycles. The molecule has 31 heavy (non-hydrogen) atoms. The second-order valence-corrected chi connectivity index (χ2v) is 8.50. The second-order valence-electron chi connectivity index (χ2n) is 8.50. The molecule has 0 amide bonds. The van der Waals surface area contributed by atoms with E-state index < -0.39 is 0 Å². The number of furan rings is 1. The fraction of sp³-hybridized carbons (Fsp3) is 0.480. The van der Waals surface area contributed by atoms with Crippen molar-refractivity contribution in [1.82, 2.24) is 9.88 Å². The van der Waals surface area contributed by atoms with Crippen molar-refractivity contribution in [2.75, 3.05) is 33.4 Å². The number of nitrogens with zero attached hydrogens (tertiary/aromatic N) is 2. The molecule has 6 nitrogen and oxygen atoms in total. The number of aliphatic hydroxyl groups is 1. The Morgan fingerprint density at radius 3 is 2.68 bits per heavy atom. The van der Waals surface area contributed by atoms with E-state index in [1.807, 2.05) is 12.1 Å². The van der Waals surface area contributed by atoms with Gasteiger partial charge in [0.15, 0.2) is 11.5 Å². The topological polar surface area (TPSA) is 68.0 Å². The summed E-state index contributed by atoms with van der Waals surface area (Å²) < 4.78 is 17.3. The maximum Gasteiger partial charge on any atom is 0.163 e. The maximum atomic E-state index is 9.38. The zero-order chi connectivity index (χ0) is 21.2. The first-order valence-electron chi connectivity index (χ1n) is 11.3. The molecule has 1 aliphatic carbocycles. The van der Waals surface area contributed by atoms with Gasteiger partial charge in [0.25, 0.3) is 0 Å². The molecule has 2 aliphatic rings. The molecule has 1 N–H and O–H groups in total. The van der Waals surface area contributed by atoms with Gasteiger partial charge in [-0.3, -0.25) is 0 Å². The Bertz CT molecular complexity index is 1070. The van der Waals surface area contributed by atoms with Gasteiger partial charge in [-0.05, 0) is 74.9 Å². The number of aryl methyl sites for hydroxylation is 1. The molecule has 0 radical (unpaired) electrons. The first-order chi connectivity index (χ1) is 15.3. The van der Waals surface area contributed by atoms with Crippen molar-refractivity contribution >= 4 is 10.9 Å². The first-order valence-corrected chi connectivity index (χ1v) is 11.3. The summed E-state index contributed by atoms with van der Waals surface area (Å²) in [5, 5.41) is 10.5. The summed E-state index contributed by atoms with van der Waals surface area (Å²) in [6.07, 6.45) is 8.48. The zero-order valence-corrected chi connectivity index (χ0v) is 18.2. The van der Waals surface area contributed by atoms with Crippen LogP contribution in [0.2, 0.25) is 0 Å². The van der Waals surface area contributed by atoms with Crippen LogP contribution in [-0.4, -0.2) is 48.3 Å². The van der Waals surface area contributed by atoms with Crippen molar-refractivity contribution in [3.05, 3.63) is 41.3 Å². The molecular weight excluding hydrogens is 392 g/mol. The monoisotopic (exact) mass is 422 g/mol. The highest BCUT2D eigenvalue weighted by molar-refractivity contribution is 5.90. The van der Waals surface area contributed by atoms with Gasteiger partial charge in [-0.1, -0.05) is 0 Å². The Morgan fingerprint density at radius 2 is 1.90 bits per heavy atom. The van der Waals surface area contributed by atoms with E-state index in [1.165, 1.54) is 37.1 Å². The summed E-state index contributed by atoms with van der Waals surface area (Å²) in [5.74, 6) is 2.07. The van der Waals surface area contributed by atoms with Crippen LogP contribution in [0.5, 0.6) is 11.5 Å². The molecule has 0 unspecified atom stereocenters. The van der Waals surface area contributed by atoms with Crippen molar-refractivity contribution in [2.24, 2.45) is 0 Å². The van der Waals surface area contributed by atoms with Crippen LogP contribution in [0.3, 0.4) is 0 Å². The fourth-order valence-corrected chi connectivity index (χ4v) is 4.95. The molecule has 3 aromatic rings. The molecule has 1 aliphatic heterocycles. The number of likely N-dealkylation sites (tertiary alicyclic amines) is 1. The van der Waals surface area contributed by atoms with Crippen LogP contribution in [0, 0.1) is 0 Å². The van der Waals surface area contributed by atoms with Gasteiger partial charge in [-0.2, -0.15) is 0 Å². The van der Waals surface area contributed by atoms with E-state index in [-0.39, 0.29) is 6.61 Å². The van der Waals surface area contributed by atoms with E-state index >= 15 is 0 Å². The number of fused-ring (bicyclic) bond motifs is 3. The molecule has 0 atom stereocenters. The smallest absolute Gasteiger partial charge is 0.163 e. The van der Waals surface area contributed by atoms with Crippen LogP contribution in [-0.2, 0) is 19.4 Å². The first kappa shape index (κ1) is 20.3. The van der Waals surface area contributed by atoms with Crippen molar-refractivity contribution in [2.45, 2.75) is 45.1 Å². The lowest BCUT2D eigenvalue weighted by Gasteiger charge is -2.17. The predicted molar refractivity (Wildman–Crippen MR) is 120 cm³/mol. The molecule has 1 saturated heterocycles. The number of pyridine rings is 1. The lowest BCUT2D eigenvalue weighted by molar-refractivity contribution is 0.247. The Labute approximate surface area is 182 Å². The summed E-state index contributed by atoms with van der Waals surface area (Å²) in [7, 11) is 1.70. The molecule has 3 heterocycles. The average Bonchev–Trinajstić information content (AvgIpc) is 3.57. The summed E-state index contributed by atoms with van der Waals surface area (Å²) in [6, 6.07) is 5.98. The number of methoxy groups -OCH3 is 1. The van der Waals surface area contributed by atoms with Crippen LogP contribution in [0.25, 0.3) is 22.2 Å². The molecule has 0 saturated carbocycles. The highest BCUT2D eigenvalue weighted by atomic mass is 16.5. The van der Waals surface area contributed by atoms with E-state index in [1.54, 1.807) is 13.4 Å². The highest BCUT2D eigenvalue weighted by Crippen LogP contribution is 2.40. The lowest BCUT2D eigenvalue weighted by atomic mass is 9.99. The Balaban J connectivity index is 1.45. The number of hydrogen-bond donors (Lipinski definition) is 1. The number of aliphatic hydroxyl groups excluding tert-OH is 1. The van der Waals surface area contributed by atoms with E-state index in [9.17, 15) is 5.11 Å². The number of hydrogen-bond acceptors (Lipinski definition) is 6. The third kappa shape index (κ3) is 4.02. The lowest BCUT2D eigenvalue weighted by Crippen LogP contribution is -2.21. The van der Waals surface area contributed by atoms with Crippen LogP contribution in [0.4, 0.5) is 0 Å². The normalized spacial score (nSPS) is 16.2. The molecule has 0 spiro atoms. The van der Waals surface area contributed by atoms with E-state index in [0.29, 0.717) is 12.4 Å². The molecule has 6 heteroatoms. The quantitative estimate of drug-likeness (QED) is 0.545. The van der Waals surface area contributed by atoms with Crippen molar-refractivity contribution < 1.29 is 19.0 Å². The number of aromatic nitrogens is 1. The summed E-state index contributed by atoms with van der Waals surface area (Å²) >= 11 is 0. The van der Waals surface area contributed by atoms with Gasteiger partial charge in [0.2, 0.25) is 0 Å². The summed E-state index contributed by atoms with van der Waals surface area (Å²) in [6.45, 7) is 4.06. The Kier molecular flexibility index (Phi) is 5.83. The summed E-state index contributed by atoms with van der Waals surface area (Å²) in [4.78, 5) is 7.51. The zero-order valence-electron chi connectivity index (χ0n) is 18.2. The molecule has 164 valence electrons. The molecule has 1 fully saturated rings. The van der Waals surface area contributed by atoms with E-state index in [4.69, 9.17) is 18.9 Å². The van der Waals surface area contributed by atoms with Crippen molar-refractivity contribution in [3.63, 3.8) is 0 Å². The minimum absolute atomic E-state index is 0.109. The highest BCUT2D eigenvalue weighted by Gasteiger charge is 2.23. The number of ether oxygens (including phenoxy) is 2. The standard InChI is InChI=1S/C25H30N2O4/c1-29-23-13-21-19-6-4-7-20(19)25(17-12-18(15-28)31-16-17)26-22(21)14-24(23)30-11-5-10-27-8-2-3-9-27/h12-14,16,28H,2-11,15H2,1H3. The maximum absolute atomic E-state index is 9.38. The van der Waals surface area contributed by atoms with Crippen LogP contribution >= 0.6 is 0 Å². The average molecular weight is 423 g/mol. The van der Waals surface area contributed by atoms with Crippen molar-refractivity contribution in [1.29, 1.82) is 0 Å². The van der Waals surface area contributed by atoms with Gasteiger partial charge in [-0.15, -0.1) is 0 Å². The molecule has 0 bridgehead atoms. The van der Waals surface area contributed by atoms with Gasteiger partial charge < -0.3 is 23.9 Å². The molecule has 5 rings (SSSR count). The third-order valence-electron chi connectivity index (χ3n) is 6.50. The Morgan fingerprint density at radius 1 is 1.06 bits per heavy atom. The van der Waals surface area contributed by atoms with Crippen LogP contribution in [0.1, 0.15) is 42.6 Å². The largest absolute Gasteiger partial charge is 0.493 e. The minimum Gasteiger partial charge on any atom is -0.493 e. The number of rotatable bonds is 8. The fourth-order valence-electron chi connectivity index (χ4n) is 4.95. The Hall–Kier alpha value is -2.57. The van der Waals surface area contributed by atoms with Gasteiger partial charge in [0.1, 0.15) is 18.6 Å². The SMILES string of the molecule is COc1cc2c3c(c(-c4coc(CO)c4)nc2cc1OCCCN1CCCC1)CCC3. The van der Waals surface area contributed by atoms with Crippen LogP contribution in [0.15, 0.2) is 28.9 Å².